The second kappa shape index (κ2) is 5.96. The van der Waals surface area contributed by atoms with Gasteiger partial charge in [-0.15, -0.1) is 0 Å². The van der Waals surface area contributed by atoms with Gasteiger partial charge in [0.1, 0.15) is 0 Å². The number of nitrogens with one attached hydrogen (secondary N) is 1. The number of amides is 1. The van der Waals surface area contributed by atoms with Crippen LogP contribution in [0, 0.1) is 0 Å². The van der Waals surface area contributed by atoms with Crippen LogP contribution in [-0.2, 0) is 0 Å². The van der Waals surface area contributed by atoms with E-state index in [1.54, 1.807) is 6.20 Å². The molecular formula is C15H16N2O. The van der Waals surface area contributed by atoms with E-state index in [1.807, 2.05) is 49.5 Å². The van der Waals surface area contributed by atoms with Crippen LogP contribution in [0.15, 0.2) is 48.8 Å². The molecule has 0 fully saturated rings. The number of carbonyl (C=O) groups is 1. The summed E-state index contributed by atoms with van der Waals surface area (Å²) in [6, 6.07) is 11.5. The zero-order valence-corrected chi connectivity index (χ0v) is 10.4. The second-order valence-corrected chi connectivity index (χ2v) is 4.07. The van der Waals surface area contributed by atoms with Crippen molar-refractivity contribution in [3.8, 4) is 11.1 Å². The first-order valence-electron chi connectivity index (χ1n) is 6.10. The predicted molar refractivity (Wildman–Crippen MR) is 72.3 cm³/mol. The Labute approximate surface area is 107 Å². The minimum atomic E-state index is -0.0189. The average Bonchev–Trinajstić information content (AvgIpc) is 2.46. The van der Waals surface area contributed by atoms with Crippen LogP contribution >= 0.6 is 0 Å². The minimum absolute atomic E-state index is 0.0189. The molecule has 1 aromatic heterocycles. The van der Waals surface area contributed by atoms with Gasteiger partial charge in [0.2, 0.25) is 0 Å². The van der Waals surface area contributed by atoms with E-state index >= 15 is 0 Å². The number of carbonyl (C=O) groups excluding carboxylic acids is 1. The fourth-order valence-corrected chi connectivity index (χ4v) is 1.69. The van der Waals surface area contributed by atoms with E-state index in [4.69, 9.17) is 0 Å². The highest BCUT2D eigenvalue weighted by Crippen LogP contribution is 2.18. The van der Waals surface area contributed by atoms with Gasteiger partial charge in [0, 0.05) is 24.5 Å². The molecule has 0 aliphatic heterocycles. The summed E-state index contributed by atoms with van der Waals surface area (Å²) in [4.78, 5) is 15.8. The maximum absolute atomic E-state index is 11.7. The van der Waals surface area contributed by atoms with E-state index in [0.717, 1.165) is 17.5 Å². The molecule has 0 aliphatic carbocycles. The van der Waals surface area contributed by atoms with Gasteiger partial charge in [0.05, 0.1) is 0 Å². The summed E-state index contributed by atoms with van der Waals surface area (Å²) >= 11 is 0. The van der Waals surface area contributed by atoms with Crippen molar-refractivity contribution in [2.24, 2.45) is 0 Å². The SMILES string of the molecule is CCCNC(=O)c1ccc(-c2cccnc2)cc1. The van der Waals surface area contributed by atoms with Gasteiger partial charge >= 0.3 is 0 Å². The Balaban J connectivity index is 2.13. The molecule has 1 N–H and O–H groups in total. The van der Waals surface area contributed by atoms with Crippen LogP contribution in [-0.4, -0.2) is 17.4 Å². The summed E-state index contributed by atoms with van der Waals surface area (Å²) in [5, 5.41) is 2.86. The van der Waals surface area contributed by atoms with Crippen LogP contribution < -0.4 is 5.32 Å². The minimum Gasteiger partial charge on any atom is -0.352 e. The van der Waals surface area contributed by atoms with Gasteiger partial charge in [-0.2, -0.15) is 0 Å². The number of rotatable bonds is 4. The molecule has 0 atom stereocenters. The zero-order chi connectivity index (χ0) is 12.8. The molecule has 1 aromatic carbocycles. The molecule has 1 amide bonds. The number of hydrogen-bond donors (Lipinski definition) is 1. The van der Waals surface area contributed by atoms with Gasteiger partial charge in [-0.05, 0) is 35.7 Å². The van der Waals surface area contributed by atoms with Crippen molar-refractivity contribution >= 4 is 5.91 Å². The maximum Gasteiger partial charge on any atom is 0.251 e. The Morgan fingerprint density at radius 3 is 2.56 bits per heavy atom. The molecule has 0 spiro atoms. The smallest absolute Gasteiger partial charge is 0.251 e. The first kappa shape index (κ1) is 12.3. The molecule has 3 nitrogen and oxygen atoms in total. The average molecular weight is 240 g/mol. The van der Waals surface area contributed by atoms with Crippen molar-refractivity contribution in [3.63, 3.8) is 0 Å². The molecule has 2 aromatic rings. The van der Waals surface area contributed by atoms with Crippen LogP contribution in [0.1, 0.15) is 23.7 Å². The molecule has 0 unspecified atom stereocenters. The highest BCUT2D eigenvalue weighted by atomic mass is 16.1. The van der Waals surface area contributed by atoms with Crippen molar-refractivity contribution in [1.82, 2.24) is 10.3 Å². The molecule has 0 aliphatic rings. The highest BCUT2D eigenvalue weighted by Gasteiger charge is 2.04. The third-order valence-electron chi connectivity index (χ3n) is 2.68. The van der Waals surface area contributed by atoms with Gasteiger partial charge in [0.25, 0.3) is 5.91 Å². The van der Waals surface area contributed by atoms with E-state index in [2.05, 4.69) is 10.3 Å². The van der Waals surface area contributed by atoms with Crippen LogP contribution in [0.4, 0.5) is 0 Å². The van der Waals surface area contributed by atoms with Crippen molar-refractivity contribution in [3.05, 3.63) is 54.4 Å². The lowest BCUT2D eigenvalue weighted by Gasteiger charge is -2.05. The molecule has 0 saturated carbocycles. The predicted octanol–water partition coefficient (Wildman–Crippen LogP) is 2.89. The summed E-state index contributed by atoms with van der Waals surface area (Å²) in [5.74, 6) is -0.0189. The van der Waals surface area contributed by atoms with E-state index in [-0.39, 0.29) is 5.91 Å². The first-order chi connectivity index (χ1) is 8.81. The Morgan fingerprint density at radius 1 is 1.17 bits per heavy atom. The van der Waals surface area contributed by atoms with Gasteiger partial charge in [-0.1, -0.05) is 25.1 Å². The summed E-state index contributed by atoms with van der Waals surface area (Å²) < 4.78 is 0. The zero-order valence-electron chi connectivity index (χ0n) is 10.4. The van der Waals surface area contributed by atoms with E-state index < -0.39 is 0 Å². The van der Waals surface area contributed by atoms with Crippen LogP contribution in [0.5, 0.6) is 0 Å². The number of pyridine rings is 1. The topological polar surface area (TPSA) is 42.0 Å². The third kappa shape index (κ3) is 2.94. The number of nitrogens with zero attached hydrogens (tertiary/aromatic N) is 1. The molecule has 3 heteroatoms. The summed E-state index contributed by atoms with van der Waals surface area (Å²) in [6.45, 7) is 2.75. The number of aromatic nitrogens is 1. The largest absolute Gasteiger partial charge is 0.352 e. The molecule has 0 saturated heterocycles. The molecule has 2 rings (SSSR count). The quantitative estimate of drug-likeness (QED) is 0.892. The van der Waals surface area contributed by atoms with Crippen LogP contribution in [0.2, 0.25) is 0 Å². The lowest BCUT2D eigenvalue weighted by molar-refractivity contribution is 0.0953. The van der Waals surface area contributed by atoms with Crippen molar-refractivity contribution < 1.29 is 4.79 Å². The molecule has 0 radical (unpaired) electrons. The van der Waals surface area contributed by atoms with E-state index in [0.29, 0.717) is 12.1 Å². The van der Waals surface area contributed by atoms with Crippen LogP contribution in [0.3, 0.4) is 0 Å². The maximum atomic E-state index is 11.7. The molecular weight excluding hydrogens is 224 g/mol. The van der Waals surface area contributed by atoms with E-state index in [1.165, 1.54) is 0 Å². The standard InChI is InChI=1S/C15H16N2O/c1-2-9-17-15(18)13-7-5-12(6-8-13)14-4-3-10-16-11-14/h3-8,10-11H,2,9H2,1H3,(H,17,18). The lowest BCUT2D eigenvalue weighted by atomic mass is 10.1. The van der Waals surface area contributed by atoms with Gasteiger partial charge in [-0.25, -0.2) is 0 Å². The first-order valence-corrected chi connectivity index (χ1v) is 6.10. The molecule has 1 heterocycles. The van der Waals surface area contributed by atoms with Crippen molar-refractivity contribution in [2.45, 2.75) is 13.3 Å². The Kier molecular flexibility index (Phi) is 4.07. The highest BCUT2D eigenvalue weighted by molar-refractivity contribution is 5.94. The van der Waals surface area contributed by atoms with Crippen molar-refractivity contribution in [2.75, 3.05) is 6.54 Å². The van der Waals surface area contributed by atoms with Gasteiger partial charge in [0.15, 0.2) is 0 Å². The molecule has 92 valence electrons. The number of hydrogen-bond acceptors (Lipinski definition) is 2. The fourth-order valence-electron chi connectivity index (χ4n) is 1.69. The van der Waals surface area contributed by atoms with Crippen molar-refractivity contribution in [1.29, 1.82) is 0 Å². The third-order valence-corrected chi connectivity index (χ3v) is 2.68. The van der Waals surface area contributed by atoms with Crippen LogP contribution in [0.25, 0.3) is 11.1 Å². The molecule has 0 bridgehead atoms. The summed E-state index contributed by atoms with van der Waals surface area (Å²) in [6.07, 6.45) is 4.50. The Bertz CT molecular complexity index is 506. The summed E-state index contributed by atoms with van der Waals surface area (Å²) in [5.41, 5.74) is 2.81. The second-order valence-electron chi connectivity index (χ2n) is 4.07. The van der Waals surface area contributed by atoms with Gasteiger partial charge in [-0.3, -0.25) is 9.78 Å². The fraction of sp³-hybridized carbons (Fsp3) is 0.200. The van der Waals surface area contributed by atoms with Gasteiger partial charge < -0.3 is 5.32 Å². The van der Waals surface area contributed by atoms with E-state index in [9.17, 15) is 4.79 Å². The molecule has 18 heavy (non-hydrogen) atoms. The monoisotopic (exact) mass is 240 g/mol. The Hall–Kier alpha value is -2.16. The lowest BCUT2D eigenvalue weighted by Crippen LogP contribution is -2.23. The Morgan fingerprint density at radius 2 is 1.94 bits per heavy atom. The number of benzene rings is 1. The normalized spacial score (nSPS) is 10.1. The summed E-state index contributed by atoms with van der Waals surface area (Å²) in [7, 11) is 0.